The highest BCUT2D eigenvalue weighted by atomic mass is 15.3. The molecule has 0 aromatic carbocycles. The summed E-state index contributed by atoms with van der Waals surface area (Å²) in [5.74, 6) is 1.47. The fraction of sp³-hybridized carbons (Fsp3) is 0.462. The van der Waals surface area contributed by atoms with E-state index >= 15 is 0 Å². The van der Waals surface area contributed by atoms with Gasteiger partial charge in [-0.1, -0.05) is 13.8 Å². The molecular weight excluding hydrogens is 226 g/mol. The molecule has 0 spiro atoms. The van der Waals surface area contributed by atoms with E-state index < -0.39 is 0 Å². The molecule has 2 heterocycles. The third-order valence-electron chi connectivity index (χ3n) is 2.93. The summed E-state index contributed by atoms with van der Waals surface area (Å²) in [6.07, 6.45) is 3.69. The quantitative estimate of drug-likeness (QED) is 0.896. The van der Waals surface area contributed by atoms with Crippen molar-refractivity contribution < 1.29 is 0 Å². The first-order valence-electron chi connectivity index (χ1n) is 6.29. The Hall–Kier alpha value is -1.91. The van der Waals surface area contributed by atoms with Crippen molar-refractivity contribution in [3.8, 4) is 5.82 Å². The largest absolute Gasteiger partial charge is 0.357 e. The van der Waals surface area contributed by atoms with Gasteiger partial charge in [-0.15, -0.1) is 0 Å². The van der Waals surface area contributed by atoms with E-state index in [1.165, 1.54) is 5.69 Å². The number of nitrogens with one attached hydrogen (secondary N) is 1. The first-order chi connectivity index (χ1) is 8.69. The van der Waals surface area contributed by atoms with E-state index in [0.29, 0.717) is 5.95 Å². The molecule has 0 saturated heterocycles. The van der Waals surface area contributed by atoms with Gasteiger partial charge in [0.2, 0.25) is 5.95 Å². The highest BCUT2D eigenvalue weighted by molar-refractivity contribution is 5.38. The van der Waals surface area contributed by atoms with Crippen molar-refractivity contribution in [1.29, 1.82) is 0 Å². The molecule has 96 valence electrons. The number of nitrogens with zero attached hydrogens (tertiary/aromatic N) is 4. The fourth-order valence-corrected chi connectivity index (χ4v) is 1.85. The molecule has 5 nitrogen and oxygen atoms in total. The lowest BCUT2D eigenvalue weighted by Gasteiger charge is -2.09. The van der Waals surface area contributed by atoms with E-state index in [2.05, 4.69) is 40.3 Å². The maximum atomic E-state index is 4.60. The molecule has 0 aliphatic heterocycles. The van der Waals surface area contributed by atoms with Crippen molar-refractivity contribution in [3.63, 3.8) is 0 Å². The topological polar surface area (TPSA) is 55.6 Å². The van der Waals surface area contributed by atoms with Crippen molar-refractivity contribution in [3.05, 3.63) is 29.2 Å². The van der Waals surface area contributed by atoms with Crippen LogP contribution in [0.2, 0.25) is 0 Å². The molecule has 5 heteroatoms. The van der Waals surface area contributed by atoms with Gasteiger partial charge in [0.1, 0.15) is 0 Å². The molecule has 0 fully saturated rings. The van der Waals surface area contributed by atoms with Crippen molar-refractivity contribution in [2.45, 2.75) is 33.6 Å². The maximum absolute atomic E-state index is 4.60. The van der Waals surface area contributed by atoms with Gasteiger partial charge in [-0.3, -0.25) is 0 Å². The van der Waals surface area contributed by atoms with Crippen LogP contribution in [-0.2, 0) is 12.8 Å². The van der Waals surface area contributed by atoms with Crippen molar-refractivity contribution in [2.24, 2.45) is 0 Å². The molecule has 18 heavy (non-hydrogen) atoms. The third kappa shape index (κ3) is 2.20. The number of hydrogen-bond donors (Lipinski definition) is 1. The van der Waals surface area contributed by atoms with Crippen LogP contribution < -0.4 is 5.32 Å². The Bertz CT molecular complexity index is 544. The Labute approximate surface area is 107 Å². The molecule has 2 aromatic rings. The second kappa shape index (κ2) is 5.16. The summed E-state index contributed by atoms with van der Waals surface area (Å²) in [5.41, 5.74) is 3.29. The molecule has 0 radical (unpaired) electrons. The van der Waals surface area contributed by atoms with E-state index in [0.717, 1.165) is 29.9 Å². The van der Waals surface area contributed by atoms with E-state index in [9.17, 15) is 0 Å². The second-order valence-electron chi connectivity index (χ2n) is 4.20. The van der Waals surface area contributed by atoms with E-state index in [4.69, 9.17) is 0 Å². The molecule has 2 rings (SSSR count). The first kappa shape index (κ1) is 12.5. The zero-order chi connectivity index (χ0) is 13.1. The molecule has 0 amide bonds. The van der Waals surface area contributed by atoms with Crippen LogP contribution in [0.1, 0.15) is 30.8 Å². The van der Waals surface area contributed by atoms with Crippen LogP contribution in [0.4, 0.5) is 5.95 Å². The van der Waals surface area contributed by atoms with Crippen LogP contribution >= 0.6 is 0 Å². The molecule has 0 unspecified atom stereocenters. The molecule has 2 aromatic heterocycles. The van der Waals surface area contributed by atoms with Crippen molar-refractivity contribution in [1.82, 2.24) is 19.7 Å². The van der Waals surface area contributed by atoms with Gasteiger partial charge in [0.05, 0.1) is 5.69 Å². The minimum Gasteiger partial charge on any atom is -0.357 e. The number of aromatic nitrogens is 4. The Kier molecular flexibility index (Phi) is 3.60. The molecule has 0 aliphatic rings. The van der Waals surface area contributed by atoms with Gasteiger partial charge in [-0.2, -0.15) is 10.1 Å². The lowest BCUT2D eigenvalue weighted by molar-refractivity contribution is 0.763. The summed E-state index contributed by atoms with van der Waals surface area (Å²) in [6, 6.07) is 2.14. The van der Waals surface area contributed by atoms with Gasteiger partial charge >= 0.3 is 0 Å². The number of hydrogen-bond acceptors (Lipinski definition) is 4. The Morgan fingerprint density at radius 2 is 2.06 bits per heavy atom. The highest BCUT2D eigenvalue weighted by Crippen LogP contribution is 2.16. The maximum Gasteiger partial charge on any atom is 0.224 e. The minimum atomic E-state index is 0.617. The Balaban J connectivity index is 2.56. The normalized spacial score (nSPS) is 10.7. The van der Waals surface area contributed by atoms with Gasteiger partial charge in [-0.05, 0) is 25.8 Å². The Morgan fingerprint density at radius 1 is 1.28 bits per heavy atom. The molecule has 1 N–H and O–H groups in total. The number of aryl methyl sites for hydroxylation is 3. The van der Waals surface area contributed by atoms with Gasteiger partial charge in [-0.25, -0.2) is 9.67 Å². The van der Waals surface area contributed by atoms with E-state index in [1.807, 2.05) is 24.9 Å². The van der Waals surface area contributed by atoms with Crippen molar-refractivity contribution >= 4 is 5.95 Å². The average Bonchev–Trinajstić information content (AvgIpc) is 2.82. The Morgan fingerprint density at radius 3 is 2.67 bits per heavy atom. The average molecular weight is 245 g/mol. The van der Waals surface area contributed by atoms with Gasteiger partial charge in [0.25, 0.3) is 0 Å². The summed E-state index contributed by atoms with van der Waals surface area (Å²) in [5, 5.41) is 7.56. The molecule has 0 bridgehead atoms. The van der Waals surface area contributed by atoms with Crippen LogP contribution in [0.15, 0.2) is 12.3 Å². The fourth-order valence-electron chi connectivity index (χ4n) is 1.85. The molecule has 0 atom stereocenters. The van der Waals surface area contributed by atoms with Gasteiger partial charge < -0.3 is 5.32 Å². The zero-order valence-electron chi connectivity index (χ0n) is 11.4. The molecular formula is C13H19N5. The first-order valence-corrected chi connectivity index (χ1v) is 6.29. The predicted molar refractivity (Wildman–Crippen MR) is 72.2 cm³/mol. The SMILES string of the molecule is CCc1cc(CC)n(-c2nc(NC)ncc2C)n1. The summed E-state index contributed by atoms with van der Waals surface area (Å²) < 4.78 is 1.93. The standard InChI is InChI=1S/C13H19N5/c1-5-10-7-11(6-2)18(17-10)12-9(3)8-15-13(14-4)16-12/h7-8H,5-6H2,1-4H3,(H,14,15,16). The molecule has 0 saturated carbocycles. The van der Waals surface area contributed by atoms with Gasteiger partial charge in [0.15, 0.2) is 5.82 Å². The van der Waals surface area contributed by atoms with Crippen LogP contribution in [0, 0.1) is 6.92 Å². The van der Waals surface area contributed by atoms with Crippen LogP contribution in [-0.4, -0.2) is 26.8 Å². The highest BCUT2D eigenvalue weighted by Gasteiger charge is 2.11. The second-order valence-corrected chi connectivity index (χ2v) is 4.20. The van der Waals surface area contributed by atoms with Crippen LogP contribution in [0.5, 0.6) is 0 Å². The summed E-state index contributed by atoms with van der Waals surface area (Å²) in [7, 11) is 1.82. The zero-order valence-corrected chi connectivity index (χ0v) is 11.4. The minimum absolute atomic E-state index is 0.617. The van der Waals surface area contributed by atoms with Crippen LogP contribution in [0.3, 0.4) is 0 Å². The summed E-state index contributed by atoms with van der Waals surface area (Å²) in [4.78, 5) is 8.70. The summed E-state index contributed by atoms with van der Waals surface area (Å²) in [6.45, 7) is 6.24. The lowest BCUT2D eigenvalue weighted by Crippen LogP contribution is -2.09. The summed E-state index contributed by atoms with van der Waals surface area (Å²) >= 11 is 0. The predicted octanol–water partition coefficient (Wildman–Crippen LogP) is 2.14. The lowest BCUT2D eigenvalue weighted by atomic mass is 10.2. The van der Waals surface area contributed by atoms with Crippen LogP contribution in [0.25, 0.3) is 5.82 Å². The van der Waals surface area contributed by atoms with E-state index in [1.54, 1.807) is 0 Å². The third-order valence-corrected chi connectivity index (χ3v) is 2.93. The number of rotatable bonds is 4. The monoisotopic (exact) mass is 245 g/mol. The number of anilines is 1. The van der Waals surface area contributed by atoms with Gasteiger partial charge in [0, 0.05) is 24.5 Å². The van der Waals surface area contributed by atoms with E-state index in [-0.39, 0.29) is 0 Å². The smallest absolute Gasteiger partial charge is 0.224 e. The van der Waals surface area contributed by atoms with Crippen molar-refractivity contribution in [2.75, 3.05) is 12.4 Å². The molecule has 0 aliphatic carbocycles.